The highest BCUT2D eigenvalue weighted by Gasteiger charge is 2.25. The lowest BCUT2D eigenvalue weighted by Crippen LogP contribution is -2.41. The topological polar surface area (TPSA) is 29.1 Å². The lowest BCUT2D eigenvalue weighted by molar-refractivity contribution is 0.543. The minimum absolute atomic E-state index is 0.216. The summed E-state index contributed by atoms with van der Waals surface area (Å²) in [7, 11) is -0.721. The first-order valence-corrected chi connectivity index (χ1v) is 7.72. The van der Waals surface area contributed by atoms with Crippen LogP contribution in [0.2, 0.25) is 0 Å². The number of hydrogen-bond acceptors (Lipinski definition) is 2. The average Bonchev–Trinajstić information content (AvgIpc) is 2.41. The largest absolute Gasteiger partial charge is 0.308 e. The molecule has 3 heteroatoms. The first-order chi connectivity index (χ1) is 8.75. The van der Waals surface area contributed by atoms with Crippen molar-refractivity contribution in [3.63, 3.8) is 0 Å². The van der Waals surface area contributed by atoms with Crippen molar-refractivity contribution in [1.82, 2.24) is 5.32 Å². The Morgan fingerprint density at radius 1 is 1.17 bits per heavy atom. The van der Waals surface area contributed by atoms with Gasteiger partial charge in [-0.05, 0) is 23.3 Å². The van der Waals surface area contributed by atoms with E-state index in [4.69, 9.17) is 0 Å². The summed E-state index contributed by atoms with van der Waals surface area (Å²) in [6.07, 6.45) is 0. The first-order valence-electron chi connectivity index (χ1n) is 6.34. The summed E-state index contributed by atoms with van der Waals surface area (Å²) >= 11 is 0. The molecule has 3 unspecified atom stereocenters. The Morgan fingerprint density at radius 2 is 1.94 bits per heavy atom. The molecule has 0 amide bonds. The molecule has 2 nitrogen and oxygen atoms in total. The number of nitrogens with one attached hydrogen (secondary N) is 1. The van der Waals surface area contributed by atoms with Crippen molar-refractivity contribution in [2.45, 2.75) is 18.2 Å². The molecular formula is C15H17NOS. The average molecular weight is 259 g/mol. The van der Waals surface area contributed by atoms with Crippen molar-refractivity contribution in [1.29, 1.82) is 0 Å². The monoisotopic (exact) mass is 259 g/mol. The van der Waals surface area contributed by atoms with Gasteiger partial charge < -0.3 is 5.32 Å². The summed E-state index contributed by atoms with van der Waals surface area (Å²) in [5.41, 5.74) is 1.27. The van der Waals surface area contributed by atoms with Crippen molar-refractivity contribution in [3.8, 4) is 0 Å². The van der Waals surface area contributed by atoms with E-state index in [0.717, 1.165) is 12.3 Å². The van der Waals surface area contributed by atoms with E-state index >= 15 is 0 Å². The number of rotatable bonds is 1. The van der Waals surface area contributed by atoms with Crippen LogP contribution in [0.1, 0.15) is 18.5 Å². The minimum atomic E-state index is -0.721. The molecule has 1 aliphatic rings. The molecule has 3 atom stereocenters. The van der Waals surface area contributed by atoms with Gasteiger partial charge in [-0.2, -0.15) is 0 Å². The molecule has 3 rings (SSSR count). The van der Waals surface area contributed by atoms with Gasteiger partial charge in [0.25, 0.3) is 0 Å². The first kappa shape index (κ1) is 11.9. The van der Waals surface area contributed by atoms with Crippen LogP contribution in [0.3, 0.4) is 0 Å². The highest BCUT2D eigenvalue weighted by Crippen LogP contribution is 2.27. The third-order valence-corrected chi connectivity index (χ3v) is 5.36. The molecule has 1 saturated heterocycles. The molecular weight excluding hydrogens is 242 g/mol. The van der Waals surface area contributed by atoms with Crippen LogP contribution >= 0.6 is 0 Å². The maximum absolute atomic E-state index is 12.0. The van der Waals surface area contributed by atoms with E-state index in [9.17, 15) is 4.21 Å². The number of fused-ring (bicyclic) bond motifs is 1. The summed E-state index contributed by atoms with van der Waals surface area (Å²) in [6, 6.07) is 15.0. The number of benzene rings is 2. The standard InChI is InChI=1S/C15H17NOS/c1-11-9-16-15(10-18(11)17)14-8-4-6-12-5-2-3-7-13(12)14/h2-8,11,15-16H,9-10H2,1H3. The molecule has 1 N–H and O–H groups in total. The van der Waals surface area contributed by atoms with Crippen LogP contribution in [0.25, 0.3) is 10.8 Å². The predicted octanol–water partition coefficient (Wildman–Crippen LogP) is 2.62. The summed E-state index contributed by atoms with van der Waals surface area (Å²) in [4.78, 5) is 0. The van der Waals surface area contributed by atoms with Crippen molar-refractivity contribution in [2.24, 2.45) is 0 Å². The van der Waals surface area contributed by atoms with Crippen LogP contribution in [0.4, 0.5) is 0 Å². The summed E-state index contributed by atoms with van der Waals surface area (Å²) < 4.78 is 12.0. The van der Waals surface area contributed by atoms with Gasteiger partial charge in [0.2, 0.25) is 0 Å². The quantitative estimate of drug-likeness (QED) is 0.853. The van der Waals surface area contributed by atoms with E-state index in [0.29, 0.717) is 0 Å². The van der Waals surface area contributed by atoms with Gasteiger partial charge in [-0.15, -0.1) is 0 Å². The molecule has 94 valence electrons. The number of hydrogen-bond donors (Lipinski definition) is 1. The van der Waals surface area contributed by atoms with Gasteiger partial charge >= 0.3 is 0 Å². The smallest absolute Gasteiger partial charge is 0.0445 e. The van der Waals surface area contributed by atoms with Gasteiger partial charge in [-0.25, -0.2) is 0 Å². The Labute approximate surface area is 110 Å². The Bertz CT molecular complexity index is 591. The molecule has 0 radical (unpaired) electrons. The molecule has 0 aliphatic carbocycles. The summed E-state index contributed by atoms with van der Waals surface area (Å²) in [5, 5.41) is 6.29. The molecule has 18 heavy (non-hydrogen) atoms. The Kier molecular flexibility index (Phi) is 3.18. The molecule has 0 bridgehead atoms. The fourth-order valence-corrected chi connectivity index (χ4v) is 3.78. The normalized spacial score (nSPS) is 28.4. The van der Waals surface area contributed by atoms with Crippen LogP contribution in [-0.4, -0.2) is 21.8 Å². The van der Waals surface area contributed by atoms with Gasteiger partial charge in [0.1, 0.15) is 0 Å². The molecule has 0 aromatic heterocycles. The lowest BCUT2D eigenvalue weighted by Gasteiger charge is -2.28. The van der Waals surface area contributed by atoms with Crippen molar-refractivity contribution in [3.05, 3.63) is 48.0 Å². The highest BCUT2D eigenvalue weighted by atomic mass is 32.2. The zero-order valence-corrected chi connectivity index (χ0v) is 11.2. The maximum atomic E-state index is 12.0. The third-order valence-electron chi connectivity index (χ3n) is 3.63. The SMILES string of the molecule is CC1CNC(c2cccc3ccccc23)CS1=O. The van der Waals surface area contributed by atoms with E-state index in [1.165, 1.54) is 16.3 Å². The Morgan fingerprint density at radius 3 is 2.78 bits per heavy atom. The van der Waals surface area contributed by atoms with Crippen LogP contribution in [0, 0.1) is 0 Å². The van der Waals surface area contributed by atoms with Crippen LogP contribution in [0.5, 0.6) is 0 Å². The Balaban J connectivity index is 2.02. The molecule has 2 aromatic carbocycles. The van der Waals surface area contributed by atoms with Gasteiger partial charge in [0, 0.05) is 34.4 Å². The van der Waals surface area contributed by atoms with E-state index in [2.05, 4.69) is 47.8 Å². The molecule has 1 fully saturated rings. The zero-order chi connectivity index (χ0) is 12.5. The lowest BCUT2D eigenvalue weighted by atomic mass is 9.99. The van der Waals surface area contributed by atoms with Crippen LogP contribution < -0.4 is 5.32 Å². The second-order valence-corrected chi connectivity index (χ2v) is 6.79. The van der Waals surface area contributed by atoms with E-state index in [1.807, 2.05) is 6.92 Å². The molecule has 1 heterocycles. The molecule has 1 aliphatic heterocycles. The van der Waals surface area contributed by atoms with E-state index in [1.54, 1.807) is 0 Å². The predicted molar refractivity (Wildman–Crippen MR) is 77.2 cm³/mol. The molecule has 0 spiro atoms. The Hall–Kier alpha value is -1.19. The fraction of sp³-hybridized carbons (Fsp3) is 0.333. The van der Waals surface area contributed by atoms with Crippen LogP contribution in [-0.2, 0) is 10.8 Å². The van der Waals surface area contributed by atoms with E-state index < -0.39 is 10.8 Å². The summed E-state index contributed by atoms with van der Waals surface area (Å²) in [5.74, 6) is 0.717. The second-order valence-electron chi connectivity index (χ2n) is 4.89. The third kappa shape index (κ3) is 2.08. The second kappa shape index (κ2) is 4.82. The minimum Gasteiger partial charge on any atom is -0.308 e. The van der Waals surface area contributed by atoms with Crippen LogP contribution in [0.15, 0.2) is 42.5 Å². The maximum Gasteiger partial charge on any atom is 0.0445 e. The molecule has 0 saturated carbocycles. The van der Waals surface area contributed by atoms with Gasteiger partial charge in [0.05, 0.1) is 0 Å². The van der Waals surface area contributed by atoms with E-state index in [-0.39, 0.29) is 11.3 Å². The van der Waals surface area contributed by atoms with Crippen molar-refractivity contribution < 1.29 is 4.21 Å². The fourth-order valence-electron chi connectivity index (χ4n) is 2.54. The van der Waals surface area contributed by atoms with Crippen molar-refractivity contribution in [2.75, 3.05) is 12.3 Å². The van der Waals surface area contributed by atoms with Gasteiger partial charge in [-0.1, -0.05) is 42.5 Å². The summed E-state index contributed by atoms with van der Waals surface area (Å²) in [6.45, 7) is 2.88. The van der Waals surface area contributed by atoms with Gasteiger partial charge in [-0.3, -0.25) is 4.21 Å². The van der Waals surface area contributed by atoms with Gasteiger partial charge in [0.15, 0.2) is 0 Å². The molecule has 2 aromatic rings. The zero-order valence-electron chi connectivity index (χ0n) is 10.4. The van der Waals surface area contributed by atoms with Crippen molar-refractivity contribution >= 4 is 21.6 Å². The highest BCUT2D eigenvalue weighted by molar-refractivity contribution is 7.85.